The van der Waals surface area contributed by atoms with E-state index in [9.17, 15) is 4.79 Å². The molecule has 0 saturated heterocycles. The molecule has 1 unspecified atom stereocenters. The van der Waals surface area contributed by atoms with E-state index in [-0.39, 0.29) is 24.2 Å². The molecule has 2 N–H and O–H groups in total. The smallest absolute Gasteiger partial charge is 0.230 e. The van der Waals surface area contributed by atoms with Gasteiger partial charge in [0.2, 0.25) is 5.91 Å². The molecule has 1 amide bonds. The number of thiazole rings is 1. The first-order valence-corrected chi connectivity index (χ1v) is 6.54. The highest BCUT2D eigenvalue weighted by atomic mass is 35.5. The summed E-state index contributed by atoms with van der Waals surface area (Å²) in [6.45, 7) is 3.90. The van der Waals surface area contributed by atoms with Crippen LogP contribution in [0.5, 0.6) is 0 Å². The molecule has 1 aromatic rings. The predicted molar refractivity (Wildman–Crippen MR) is 74.4 cm³/mol. The summed E-state index contributed by atoms with van der Waals surface area (Å²) >= 11 is 1.51. The molecule has 102 valence electrons. The average molecular weight is 292 g/mol. The van der Waals surface area contributed by atoms with Crippen LogP contribution in [0.15, 0.2) is 0 Å². The molecular weight excluding hydrogens is 274 g/mol. The van der Waals surface area contributed by atoms with Gasteiger partial charge in [-0.05, 0) is 7.05 Å². The van der Waals surface area contributed by atoms with E-state index >= 15 is 0 Å². The lowest BCUT2D eigenvalue weighted by molar-refractivity contribution is -0.119. The van der Waals surface area contributed by atoms with Gasteiger partial charge in [0.1, 0.15) is 0 Å². The highest BCUT2D eigenvalue weighted by Crippen LogP contribution is 2.27. The van der Waals surface area contributed by atoms with Crippen LogP contribution < -0.4 is 10.6 Å². The molecule has 1 aromatic heterocycles. The van der Waals surface area contributed by atoms with Crippen LogP contribution in [0.25, 0.3) is 0 Å². The molecule has 7 heteroatoms. The molecule has 18 heavy (non-hydrogen) atoms. The third-order valence-corrected chi connectivity index (χ3v) is 3.67. The van der Waals surface area contributed by atoms with Crippen LogP contribution in [0.2, 0.25) is 0 Å². The normalized spacial score (nSPS) is 15.4. The van der Waals surface area contributed by atoms with Crippen molar-refractivity contribution in [3.63, 3.8) is 0 Å². The second kappa shape index (κ2) is 7.04. The Morgan fingerprint density at radius 2 is 2.39 bits per heavy atom. The number of halogens is 1. The summed E-state index contributed by atoms with van der Waals surface area (Å²) in [6, 6.07) is 0. The number of anilines is 1. The van der Waals surface area contributed by atoms with Crippen LogP contribution in [-0.2, 0) is 22.6 Å². The third-order valence-electron chi connectivity index (χ3n) is 2.68. The molecule has 0 spiro atoms. The van der Waals surface area contributed by atoms with Crippen LogP contribution in [0, 0.1) is 5.92 Å². The van der Waals surface area contributed by atoms with Crippen molar-refractivity contribution in [2.75, 3.05) is 25.5 Å². The zero-order chi connectivity index (χ0) is 12.3. The molecular formula is C11H18ClN3O2S. The Kier molecular flexibility index (Phi) is 6.01. The second-order valence-corrected chi connectivity index (χ2v) is 5.22. The molecule has 2 rings (SSSR count). The number of nitrogens with zero attached hydrogens (tertiary/aromatic N) is 1. The maximum Gasteiger partial charge on any atom is 0.230 e. The summed E-state index contributed by atoms with van der Waals surface area (Å²) in [4.78, 5) is 17.4. The molecule has 5 nitrogen and oxygen atoms in total. The third kappa shape index (κ3) is 3.65. The lowest BCUT2D eigenvalue weighted by atomic mass is 10.2. The summed E-state index contributed by atoms with van der Waals surface area (Å²) in [6.07, 6.45) is 0.841. The lowest BCUT2D eigenvalue weighted by Gasteiger charge is -2.09. The van der Waals surface area contributed by atoms with Crippen molar-refractivity contribution >= 4 is 34.8 Å². The van der Waals surface area contributed by atoms with Gasteiger partial charge in [-0.25, -0.2) is 4.98 Å². The number of carbonyl (C=O) groups excluding carboxylic acids is 1. The number of amides is 1. The molecule has 1 atom stereocenters. The zero-order valence-electron chi connectivity index (χ0n) is 10.5. The van der Waals surface area contributed by atoms with Gasteiger partial charge in [0, 0.05) is 18.9 Å². The van der Waals surface area contributed by atoms with Gasteiger partial charge in [0.15, 0.2) is 5.13 Å². The van der Waals surface area contributed by atoms with Gasteiger partial charge in [-0.3, -0.25) is 4.79 Å². The molecule has 0 aliphatic carbocycles. The minimum Gasteiger partial charge on any atom is -0.375 e. The van der Waals surface area contributed by atoms with Gasteiger partial charge in [-0.2, -0.15) is 0 Å². The first-order chi connectivity index (χ1) is 8.20. The van der Waals surface area contributed by atoms with Crippen molar-refractivity contribution in [3.05, 3.63) is 10.6 Å². The Bertz CT molecular complexity index is 387. The molecule has 0 saturated carbocycles. The molecule has 2 heterocycles. The van der Waals surface area contributed by atoms with Crippen LogP contribution in [-0.4, -0.2) is 31.1 Å². The van der Waals surface area contributed by atoms with Gasteiger partial charge in [-0.15, -0.1) is 12.4 Å². The van der Waals surface area contributed by atoms with E-state index in [1.54, 1.807) is 0 Å². The SMILES string of the molecule is CNCC(C)C(=O)Nc1nc2c(s1)COCC2.Cl. The van der Waals surface area contributed by atoms with Crippen molar-refractivity contribution in [2.45, 2.75) is 20.0 Å². The molecule has 1 aliphatic rings. The summed E-state index contributed by atoms with van der Waals surface area (Å²) in [5.41, 5.74) is 1.07. The van der Waals surface area contributed by atoms with Gasteiger partial charge in [0.25, 0.3) is 0 Å². The van der Waals surface area contributed by atoms with E-state index in [2.05, 4.69) is 15.6 Å². The van der Waals surface area contributed by atoms with Crippen molar-refractivity contribution in [1.29, 1.82) is 0 Å². The maximum absolute atomic E-state index is 11.8. The lowest BCUT2D eigenvalue weighted by Crippen LogP contribution is -2.28. The van der Waals surface area contributed by atoms with E-state index in [0.29, 0.717) is 18.3 Å². The highest BCUT2D eigenvalue weighted by molar-refractivity contribution is 7.15. The number of ether oxygens (including phenoxy) is 1. The number of fused-ring (bicyclic) bond motifs is 1. The van der Waals surface area contributed by atoms with E-state index in [1.165, 1.54) is 11.3 Å². The molecule has 0 bridgehead atoms. The summed E-state index contributed by atoms with van der Waals surface area (Å²) < 4.78 is 5.35. The fraction of sp³-hybridized carbons (Fsp3) is 0.636. The van der Waals surface area contributed by atoms with Crippen molar-refractivity contribution in [3.8, 4) is 0 Å². The fourth-order valence-electron chi connectivity index (χ4n) is 1.71. The molecule has 1 aliphatic heterocycles. The van der Waals surface area contributed by atoms with Gasteiger partial charge >= 0.3 is 0 Å². The zero-order valence-corrected chi connectivity index (χ0v) is 12.1. The largest absolute Gasteiger partial charge is 0.375 e. The van der Waals surface area contributed by atoms with Crippen molar-refractivity contribution in [2.24, 2.45) is 5.92 Å². The van der Waals surface area contributed by atoms with Gasteiger partial charge in [0.05, 0.1) is 23.8 Å². The van der Waals surface area contributed by atoms with Crippen LogP contribution >= 0.6 is 23.7 Å². The summed E-state index contributed by atoms with van der Waals surface area (Å²) in [5, 5.41) is 6.53. The Balaban J connectivity index is 0.00000162. The minimum absolute atomic E-state index is 0. The van der Waals surface area contributed by atoms with Gasteiger partial charge < -0.3 is 15.4 Å². The van der Waals surface area contributed by atoms with E-state index in [1.807, 2.05) is 14.0 Å². The van der Waals surface area contributed by atoms with Gasteiger partial charge in [-0.1, -0.05) is 18.3 Å². The number of hydrogen-bond acceptors (Lipinski definition) is 5. The first-order valence-electron chi connectivity index (χ1n) is 5.72. The monoisotopic (exact) mass is 291 g/mol. The average Bonchev–Trinajstić information content (AvgIpc) is 2.71. The van der Waals surface area contributed by atoms with Crippen LogP contribution in [0.4, 0.5) is 5.13 Å². The summed E-state index contributed by atoms with van der Waals surface area (Å²) in [7, 11) is 1.84. The number of rotatable bonds is 4. The minimum atomic E-state index is -0.0582. The van der Waals surface area contributed by atoms with Crippen LogP contribution in [0.3, 0.4) is 0 Å². The number of carbonyl (C=O) groups is 1. The highest BCUT2D eigenvalue weighted by Gasteiger charge is 2.18. The maximum atomic E-state index is 11.8. The van der Waals surface area contributed by atoms with Crippen molar-refractivity contribution in [1.82, 2.24) is 10.3 Å². The topological polar surface area (TPSA) is 63.2 Å². The van der Waals surface area contributed by atoms with Crippen LogP contribution in [0.1, 0.15) is 17.5 Å². The first kappa shape index (κ1) is 15.4. The summed E-state index contributed by atoms with van der Waals surface area (Å²) in [5.74, 6) is -0.0523. The molecule has 0 fully saturated rings. The number of hydrogen-bond donors (Lipinski definition) is 2. The Morgan fingerprint density at radius 3 is 3.06 bits per heavy atom. The molecule has 0 radical (unpaired) electrons. The number of nitrogens with one attached hydrogen (secondary N) is 2. The van der Waals surface area contributed by atoms with E-state index in [4.69, 9.17) is 4.74 Å². The fourth-order valence-corrected chi connectivity index (χ4v) is 2.65. The quantitative estimate of drug-likeness (QED) is 0.881. The second-order valence-electron chi connectivity index (χ2n) is 4.14. The predicted octanol–water partition coefficient (Wildman–Crippen LogP) is 1.43. The Hall–Kier alpha value is -0.690. The Labute approximate surface area is 117 Å². The molecule has 0 aromatic carbocycles. The van der Waals surface area contributed by atoms with E-state index in [0.717, 1.165) is 23.6 Å². The van der Waals surface area contributed by atoms with E-state index < -0.39 is 0 Å². The standard InChI is InChI=1S/C11H17N3O2S.ClH/c1-7(5-12-2)10(15)14-11-13-8-3-4-16-6-9(8)17-11;/h7,12H,3-6H2,1-2H3,(H,13,14,15);1H. The Morgan fingerprint density at radius 1 is 1.61 bits per heavy atom. The number of aromatic nitrogens is 1. The van der Waals surface area contributed by atoms with Crippen molar-refractivity contribution < 1.29 is 9.53 Å².